The van der Waals surface area contributed by atoms with Crippen molar-refractivity contribution in [3.63, 3.8) is 0 Å². The standard InChI is InChI=1S/C20H19N3O3/c1-13-12-23(20(24)26-13)17-5-3-14(4-6-17)9-15-10-16-11-21-8-7-18(16)22-19(15)25-2/h3-8,10-11,13H,9,12H2,1-2H3/t13-/m1/s1. The molecule has 0 saturated carbocycles. The number of pyridine rings is 2. The summed E-state index contributed by atoms with van der Waals surface area (Å²) in [4.78, 5) is 22.2. The number of rotatable bonds is 4. The number of amides is 1. The quantitative estimate of drug-likeness (QED) is 0.720. The van der Waals surface area contributed by atoms with Crippen molar-refractivity contribution < 1.29 is 14.3 Å². The molecule has 6 nitrogen and oxygen atoms in total. The molecule has 0 aliphatic carbocycles. The highest BCUT2D eigenvalue weighted by atomic mass is 16.6. The van der Waals surface area contributed by atoms with Gasteiger partial charge in [-0.1, -0.05) is 12.1 Å². The van der Waals surface area contributed by atoms with Crippen molar-refractivity contribution >= 4 is 22.7 Å². The van der Waals surface area contributed by atoms with E-state index in [1.807, 2.05) is 37.3 Å². The monoisotopic (exact) mass is 349 g/mol. The third-order valence-electron chi connectivity index (χ3n) is 4.45. The Kier molecular flexibility index (Phi) is 4.16. The summed E-state index contributed by atoms with van der Waals surface area (Å²) in [6.07, 6.45) is 3.83. The smallest absolute Gasteiger partial charge is 0.414 e. The van der Waals surface area contributed by atoms with Gasteiger partial charge < -0.3 is 9.47 Å². The van der Waals surface area contributed by atoms with Gasteiger partial charge in [0.25, 0.3) is 0 Å². The van der Waals surface area contributed by atoms with Crippen LogP contribution in [0.15, 0.2) is 48.8 Å². The summed E-state index contributed by atoms with van der Waals surface area (Å²) in [5, 5.41) is 0.980. The number of ether oxygens (including phenoxy) is 2. The molecule has 26 heavy (non-hydrogen) atoms. The summed E-state index contributed by atoms with van der Waals surface area (Å²) >= 11 is 0. The zero-order valence-corrected chi connectivity index (χ0v) is 14.7. The Morgan fingerprint density at radius 1 is 1.27 bits per heavy atom. The van der Waals surface area contributed by atoms with Crippen LogP contribution in [0.5, 0.6) is 5.88 Å². The summed E-state index contributed by atoms with van der Waals surface area (Å²) in [6.45, 7) is 2.47. The number of aromatic nitrogens is 2. The Bertz CT molecular complexity index is 956. The first-order chi connectivity index (χ1) is 12.6. The number of anilines is 1. The minimum Gasteiger partial charge on any atom is -0.481 e. The highest BCUT2D eigenvalue weighted by molar-refractivity contribution is 5.89. The lowest BCUT2D eigenvalue weighted by molar-refractivity contribution is 0.150. The normalized spacial score (nSPS) is 16.8. The van der Waals surface area contributed by atoms with Gasteiger partial charge in [0.05, 0.1) is 19.2 Å². The van der Waals surface area contributed by atoms with Crippen LogP contribution in [0.1, 0.15) is 18.1 Å². The van der Waals surface area contributed by atoms with Crippen LogP contribution in [-0.2, 0) is 11.2 Å². The number of hydrogen-bond acceptors (Lipinski definition) is 5. The van der Waals surface area contributed by atoms with Crippen molar-refractivity contribution in [2.24, 2.45) is 0 Å². The van der Waals surface area contributed by atoms with Gasteiger partial charge in [0, 0.05) is 35.5 Å². The van der Waals surface area contributed by atoms with Crippen molar-refractivity contribution in [2.75, 3.05) is 18.6 Å². The third kappa shape index (κ3) is 3.06. The molecule has 0 unspecified atom stereocenters. The average Bonchev–Trinajstić information content (AvgIpc) is 3.00. The van der Waals surface area contributed by atoms with Crippen LogP contribution < -0.4 is 9.64 Å². The molecule has 1 aromatic carbocycles. The minimum atomic E-state index is -0.293. The maximum atomic E-state index is 11.8. The predicted molar refractivity (Wildman–Crippen MR) is 98.6 cm³/mol. The summed E-state index contributed by atoms with van der Waals surface area (Å²) in [7, 11) is 1.63. The van der Waals surface area contributed by atoms with Crippen LogP contribution in [0.25, 0.3) is 10.9 Å². The van der Waals surface area contributed by atoms with Gasteiger partial charge in [0.2, 0.25) is 5.88 Å². The van der Waals surface area contributed by atoms with E-state index in [2.05, 4.69) is 16.0 Å². The second-order valence-corrected chi connectivity index (χ2v) is 6.37. The van der Waals surface area contributed by atoms with Crippen molar-refractivity contribution in [1.82, 2.24) is 9.97 Å². The first-order valence-corrected chi connectivity index (χ1v) is 8.49. The molecule has 4 rings (SSSR count). The van der Waals surface area contributed by atoms with Crippen LogP contribution in [0.4, 0.5) is 10.5 Å². The molecule has 1 aliphatic rings. The topological polar surface area (TPSA) is 64.6 Å². The van der Waals surface area contributed by atoms with Crippen molar-refractivity contribution in [3.05, 3.63) is 59.9 Å². The number of carbonyl (C=O) groups is 1. The highest BCUT2D eigenvalue weighted by Gasteiger charge is 2.29. The minimum absolute atomic E-state index is 0.0799. The summed E-state index contributed by atoms with van der Waals surface area (Å²) in [5.74, 6) is 0.615. The number of cyclic esters (lactones) is 1. The van der Waals surface area contributed by atoms with Gasteiger partial charge in [-0.05, 0) is 36.8 Å². The molecule has 3 aromatic rings. The van der Waals surface area contributed by atoms with Crippen LogP contribution in [-0.4, -0.2) is 35.8 Å². The molecule has 1 saturated heterocycles. The van der Waals surface area contributed by atoms with E-state index in [0.29, 0.717) is 18.8 Å². The maximum Gasteiger partial charge on any atom is 0.414 e. The Labute approximate surface area is 151 Å². The van der Waals surface area contributed by atoms with Gasteiger partial charge >= 0.3 is 6.09 Å². The number of methoxy groups -OCH3 is 1. The van der Waals surface area contributed by atoms with Crippen molar-refractivity contribution in [2.45, 2.75) is 19.4 Å². The average molecular weight is 349 g/mol. The summed E-state index contributed by atoms with van der Waals surface area (Å²) < 4.78 is 10.6. The molecule has 0 radical (unpaired) electrons. The van der Waals surface area contributed by atoms with E-state index in [1.165, 1.54) is 0 Å². The van der Waals surface area contributed by atoms with Crippen molar-refractivity contribution in [3.8, 4) is 5.88 Å². The van der Waals surface area contributed by atoms with E-state index in [4.69, 9.17) is 9.47 Å². The van der Waals surface area contributed by atoms with Gasteiger partial charge in [0.1, 0.15) is 6.10 Å². The molecule has 132 valence electrons. The van der Waals surface area contributed by atoms with E-state index in [1.54, 1.807) is 24.4 Å². The van der Waals surface area contributed by atoms with Crippen LogP contribution in [0.3, 0.4) is 0 Å². The third-order valence-corrected chi connectivity index (χ3v) is 4.45. The van der Waals surface area contributed by atoms with Crippen molar-refractivity contribution in [1.29, 1.82) is 0 Å². The molecule has 1 fully saturated rings. The Hall–Kier alpha value is -3.15. The largest absolute Gasteiger partial charge is 0.481 e. The number of benzene rings is 1. The molecule has 0 N–H and O–H groups in total. The van der Waals surface area contributed by atoms with Crippen LogP contribution in [0.2, 0.25) is 0 Å². The first-order valence-electron chi connectivity index (χ1n) is 8.49. The molecule has 0 spiro atoms. The van der Waals surface area contributed by atoms with E-state index in [0.717, 1.165) is 27.7 Å². The van der Waals surface area contributed by atoms with Gasteiger partial charge in [0.15, 0.2) is 0 Å². The lowest BCUT2D eigenvalue weighted by Gasteiger charge is -2.14. The fourth-order valence-corrected chi connectivity index (χ4v) is 3.18. The highest BCUT2D eigenvalue weighted by Crippen LogP contribution is 2.26. The zero-order valence-electron chi connectivity index (χ0n) is 14.7. The second-order valence-electron chi connectivity index (χ2n) is 6.37. The number of fused-ring (bicyclic) bond motifs is 1. The fourth-order valence-electron chi connectivity index (χ4n) is 3.18. The molecule has 1 amide bonds. The number of nitrogens with zero attached hydrogens (tertiary/aromatic N) is 3. The Morgan fingerprint density at radius 2 is 2.08 bits per heavy atom. The first kappa shape index (κ1) is 16.3. The van der Waals surface area contributed by atoms with Gasteiger partial charge in [-0.3, -0.25) is 9.88 Å². The molecular weight excluding hydrogens is 330 g/mol. The van der Waals surface area contributed by atoms with Gasteiger partial charge in [-0.2, -0.15) is 0 Å². The molecule has 1 atom stereocenters. The van der Waals surface area contributed by atoms with Gasteiger partial charge in [-0.15, -0.1) is 0 Å². The lowest BCUT2D eigenvalue weighted by Crippen LogP contribution is -2.23. The molecule has 2 aromatic heterocycles. The van der Waals surface area contributed by atoms with E-state index < -0.39 is 0 Å². The maximum absolute atomic E-state index is 11.8. The van der Waals surface area contributed by atoms with E-state index >= 15 is 0 Å². The second kappa shape index (κ2) is 6.63. The summed E-state index contributed by atoms with van der Waals surface area (Å²) in [5.41, 5.74) is 3.81. The van der Waals surface area contributed by atoms with Crippen LogP contribution in [0, 0.1) is 0 Å². The summed E-state index contributed by atoms with van der Waals surface area (Å²) in [6, 6.07) is 11.8. The molecule has 6 heteroatoms. The van der Waals surface area contributed by atoms with Gasteiger partial charge in [-0.25, -0.2) is 9.78 Å². The van der Waals surface area contributed by atoms with E-state index in [-0.39, 0.29) is 12.2 Å². The van der Waals surface area contributed by atoms with Crippen LogP contribution >= 0.6 is 0 Å². The Balaban J connectivity index is 1.59. The zero-order chi connectivity index (χ0) is 18.1. The molecule has 0 bridgehead atoms. The SMILES string of the molecule is COc1nc2ccncc2cc1Cc1ccc(N2C[C@@H](C)OC2=O)cc1. The van der Waals surface area contributed by atoms with E-state index in [9.17, 15) is 4.79 Å². The Morgan fingerprint density at radius 3 is 2.77 bits per heavy atom. The number of carbonyl (C=O) groups excluding carboxylic acids is 1. The lowest BCUT2D eigenvalue weighted by atomic mass is 10.0. The number of hydrogen-bond donors (Lipinski definition) is 0. The fraction of sp³-hybridized carbons (Fsp3) is 0.250. The molecule has 1 aliphatic heterocycles. The molecule has 3 heterocycles. The predicted octanol–water partition coefficient (Wildman–Crippen LogP) is 3.57. The molecular formula is C20H19N3O3.